The van der Waals surface area contributed by atoms with E-state index in [2.05, 4.69) is 5.10 Å². The molecule has 1 unspecified atom stereocenters. The Bertz CT molecular complexity index is 620. The number of carboxylic acids is 1. The van der Waals surface area contributed by atoms with E-state index >= 15 is 0 Å². The summed E-state index contributed by atoms with van der Waals surface area (Å²) in [6.07, 6.45) is -10.6. The predicted octanol–water partition coefficient (Wildman–Crippen LogP) is 1.98. The van der Waals surface area contributed by atoms with E-state index in [0.29, 0.717) is 6.20 Å². The number of halogens is 6. The largest absolute Gasteiger partial charge is 0.477 e. The molecule has 0 bridgehead atoms. The van der Waals surface area contributed by atoms with Crippen molar-refractivity contribution in [3.05, 3.63) is 11.8 Å². The van der Waals surface area contributed by atoms with Gasteiger partial charge in [-0.1, -0.05) is 0 Å². The molecule has 12 heteroatoms. The number of anilines is 1. The molecule has 2 rings (SSSR count). The number of rotatable bonds is 1. The minimum atomic E-state index is -5.35. The van der Waals surface area contributed by atoms with Gasteiger partial charge in [0.15, 0.2) is 6.04 Å². The van der Waals surface area contributed by atoms with Crippen LogP contribution >= 0.6 is 0 Å². The van der Waals surface area contributed by atoms with Crippen LogP contribution in [-0.2, 0) is 4.79 Å². The molecule has 0 saturated carbocycles. The monoisotopic (exact) mass is 331 g/mol. The fourth-order valence-corrected chi connectivity index (χ4v) is 2.14. The number of alkyl halides is 6. The van der Waals surface area contributed by atoms with Crippen molar-refractivity contribution in [2.45, 2.75) is 24.8 Å². The molecule has 0 saturated heterocycles. The van der Waals surface area contributed by atoms with Gasteiger partial charge in [-0.15, -0.1) is 0 Å². The van der Waals surface area contributed by atoms with E-state index in [0.717, 1.165) is 0 Å². The third-order valence-electron chi connectivity index (χ3n) is 3.04. The summed E-state index contributed by atoms with van der Waals surface area (Å²) in [5.74, 6) is -5.26. The van der Waals surface area contributed by atoms with Gasteiger partial charge in [-0.25, -0.2) is 9.48 Å². The lowest BCUT2D eigenvalue weighted by Gasteiger charge is -2.34. The molecular weight excluding hydrogens is 324 g/mol. The minimum Gasteiger partial charge on any atom is -0.477 e. The highest BCUT2D eigenvalue weighted by Gasteiger charge is 2.51. The van der Waals surface area contributed by atoms with E-state index in [4.69, 9.17) is 5.11 Å². The fourth-order valence-electron chi connectivity index (χ4n) is 2.14. The van der Waals surface area contributed by atoms with Crippen molar-refractivity contribution in [1.29, 1.82) is 0 Å². The first kappa shape index (κ1) is 16.1. The van der Waals surface area contributed by atoms with Crippen molar-refractivity contribution in [2.24, 2.45) is 0 Å². The van der Waals surface area contributed by atoms with Crippen molar-refractivity contribution in [1.82, 2.24) is 9.78 Å². The quantitative estimate of drug-likeness (QED) is 0.799. The second-order valence-electron chi connectivity index (χ2n) is 4.43. The highest BCUT2D eigenvalue weighted by molar-refractivity contribution is 6.03. The standard InChI is InChI=1S/C10H7F6N3O3/c11-9(12,13)5-1-2-18(8(22)10(14,15)16)6-4(7(20)21)3-17-19(5)6/h3,5H,1-2H2,(H,20,21). The summed E-state index contributed by atoms with van der Waals surface area (Å²) in [6, 6.07) is -2.30. The Morgan fingerprint density at radius 1 is 1.23 bits per heavy atom. The van der Waals surface area contributed by atoms with E-state index in [1.165, 1.54) is 0 Å². The number of hydrogen-bond acceptors (Lipinski definition) is 3. The normalized spacial score (nSPS) is 19.0. The van der Waals surface area contributed by atoms with Gasteiger partial charge in [-0.3, -0.25) is 9.69 Å². The van der Waals surface area contributed by atoms with Gasteiger partial charge in [-0.2, -0.15) is 31.4 Å². The first-order chi connectivity index (χ1) is 9.94. The maximum Gasteiger partial charge on any atom is 0.471 e. The maximum absolute atomic E-state index is 12.9. The first-order valence-electron chi connectivity index (χ1n) is 5.70. The van der Waals surface area contributed by atoms with E-state index in [1.54, 1.807) is 0 Å². The number of aromatic nitrogens is 2. The highest BCUT2D eigenvalue weighted by Crippen LogP contribution is 2.41. The molecule has 2 heterocycles. The molecule has 1 atom stereocenters. The maximum atomic E-state index is 12.9. The Kier molecular flexibility index (Phi) is 3.57. The molecule has 22 heavy (non-hydrogen) atoms. The van der Waals surface area contributed by atoms with Crippen LogP contribution in [-0.4, -0.2) is 45.7 Å². The average Bonchev–Trinajstić information content (AvgIpc) is 2.78. The summed E-state index contributed by atoms with van der Waals surface area (Å²) >= 11 is 0. The van der Waals surface area contributed by atoms with Crippen LogP contribution < -0.4 is 4.90 Å². The molecule has 0 radical (unpaired) electrons. The molecule has 0 spiro atoms. The zero-order valence-electron chi connectivity index (χ0n) is 10.4. The SMILES string of the molecule is O=C(O)c1cnn2c1N(C(=O)C(F)(F)F)CCC2C(F)(F)F. The van der Waals surface area contributed by atoms with Gasteiger partial charge < -0.3 is 5.11 Å². The molecule has 1 aliphatic heterocycles. The number of aromatic carboxylic acids is 1. The summed E-state index contributed by atoms with van der Waals surface area (Å²) in [4.78, 5) is 22.2. The van der Waals surface area contributed by atoms with Crippen LogP contribution in [0.2, 0.25) is 0 Å². The van der Waals surface area contributed by atoms with Gasteiger partial charge in [0.1, 0.15) is 11.4 Å². The van der Waals surface area contributed by atoms with Crippen LogP contribution in [0.15, 0.2) is 6.20 Å². The lowest BCUT2D eigenvalue weighted by molar-refractivity contribution is -0.177. The summed E-state index contributed by atoms with van der Waals surface area (Å²) in [7, 11) is 0. The summed E-state index contributed by atoms with van der Waals surface area (Å²) < 4.78 is 76.2. The van der Waals surface area contributed by atoms with Crippen LogP contribution in [0, 0.1) is 0 Å². The van der Waals surface area contributed by atoms with Crippen molar-refractivity contribution >= 4 is 17.7 Å². The molecule has 0 aromatic carbocycles. The number of carboxylic acid groups (broad SMARTS) is 1. The minimum absolute atomic E-state index is 0.0430. The van der Waals surface area contributed by atoms with Crippen LogP contribution in [0.4, 0.5) is 32.2 Å². The van der Waals surface area contributed by atoms with Gasteiger partial charge in [-0.05, 0) is 6.42 Å². The number of carbonyl (C=O) groups is 2. The second-order valence-corrected chi connectivity index (χ2v) is 4.43. The number of amides is 1. The summed E-state index contributed by atoms with van der Waals surface area (Å²) in [6.45, 7) is -0.922. The van der Waals surface area contributed by atoms with Crippen LogP contribution in [0.1, 0.15) is 22.8 Å². The van der Waals surface area contributed by atoms with E-state index < -0.39 is 54.6 Å². The molecule has 1 aromatic heterocycles. The van der Waals surface area contributed by atoms with E-state index in [-0.39, 0.29) is 9.58 Å². The summed E-state index contributed by atoms with van der Waals surface area (Å²) in [5.41, 5.74) is -0.911. The van der Waals surface area contributed by atoms with Gasteiger partial charge in [0.05, 0.1) is 6.20 Å². The molecular formula is C10H7F6N3O3. The predicted molar refractivity (Wildman–Crippen MR) is 57.3 cm³/mol. The van der Waals surface area contributed by atoms with Crippen molar-refractivity contribution in [3.8, 4) is 0 Å². The Morgan fingerprint density at radius 3 is 2.27 bits per heavy atom. The Hall–Kier alpha value is -2.27. The van der Waals surface area contributed by atoms with Crippen molar-refractivity contribution in [2.75, 3.05) is 11.4 Å². The third kappa shape index (κ3) is 2.60. The fraction of sp³-hybridized carbons (Fsp3) is 0.500. The number of hydrogen-bond donors (Lipinski definition) is 1. The van der Waals surface area contributed by atoms with Crippen molar-refractivity contribution < 1.29 is 41.0 Å². The van der Waals surface area contributed by atoms with Crippen molar-refractivity contribution in [3.63, 3.8) is 0 Å². The van der Waals surface area contributed by atoms with Gasteiger partial charge in [0.2, 0.25) is 0 Å². The number of carbonyl (C=O) groups excluding carboxylic acids is 1. The summed E-state index contributed by atoms with van der Waals surface area (Å²) in [5, 5.41) is 12.1. The average molecular weight is 331 g/mol. The lowest BCUT2D eigenvalue weighted by Crippen LogP contribution is -2.48. The molecule has 1 N–H and O–H groups in total. The molecule has 1 aliphatic rings. The lowest BCUT2D eigenvalue weighted by atomic mass is 10.1. The smallest absolute Gasteiger partial charge is 0.471 e. The van der Waals surface area contributed by atoms with E-state index in [9.17, 15) is 35.9 Å². The Labute approximate surface area is 117 Å². The highest BCUT2D eigenvalue weighted by atomic mass is 19.4. The molecule has 1 amide bonds. The van der Waals surface area contributed by atoms with Crippen LogP contribution in [0.5, 0.6) is 0 Å². The Morgan fingerprint density at radius 2 is 1.82 bits per heavy atom. The molecule has 122 valence electrons. The Balaban J connectivity index is 2.58. The van der Waals surface area contributed by atoms with Gasteiger partial charge in [0, 0.05) is 6.54 Å². The first-order valence-corrected chi connectivity index (χ1v) is 5.70. The van der Waals surface area contributed by atoms with Gasteiger partial charge >= 0.3 is 24.2 Å². The molecule has 1 aromatic rings. The number of nitrogens with zero attached hydrogens (tertiary/aromatic N) is 3. The van der Waals surface area contributed by atoms with Crippen LogP contribution in [0.25, 0.3) is 0 Å². The molecule has 0 aliphatic carbocycles. The molecule has 6 nitrogen and oxygen atoms in total. The zero-order chi connectivity index (χ0) is 16.9. The van der Waals surface area contributed by atoms with Crippen LogP contribution in [0.3, 0.4) is 0 Å². The zero-order valence-corrected chi connectivity index (χ0v) is 10.4. The second kappa shape index (κ2) is 4.88. The molecule has 0 fully saturated rings. The van der Waals surface area contributed by atoms with Gasteiger partial charge in [0.25, 0.3) is 0 Å². The topological polar surface area (TPSA) is 75.4 Å². The van der Waals surface area contributed by atoms with E-state index in [1.807, 2.05) is 0 Å². The number of fused-ring (bicyclic) bond motifs is 1. The third-order valence-corrected chi connectivity index (χ3v) is 3.04.